The molecule has 1 rings (SSSR count). The van der Waals surface area contributed by atoms with Crippen molar-refractivity contribution in [3.63, 3.8) is 0 Å². The summed E-state index contributed by atoms with van der Waals surface area (Å²) in [6.07, 6.45) is 0.743. The van der Waals surface area contributed by atoms with Gasteiger partial charge in [0, 0.05) is 0 Å². The van der Waals surface area contributed by atoms with E-state index in [1.807, 2.05) is 30.3 Å². The van der Waals surface area contributed by atoms with Crippen molar-refractivity contribution >= 4 is 34.7 Å². The van der Waals surface area contributed by atoms with Crippen LogP contribution in [-0.2, 0) is 20.9 Å². The number of benzene rings is 1. The van der Waals surface area contributed by atoms with Crippen LogP contribution in [0.3, 0.4) is 0 Å². The fourth-order valence-corrected chi connectivity index (χ4v) is 2.02. The summed E-state index contributed by atoms with van der Waals surface area (Å²) in [6, 6.07) is 8.70. The Labute approximate surface area is 132 Å². The van der Waals surface area contributed by atoms with Crippen LogP contribution in [0.1, 0.15) is 18.4 Å². The van der Waals surface area contributed by atoms with Crippen LogP contribution < -0.4 is 5.32 Å². The number of halogens is 1. The highest BCUT2D eigenvalue weighted by Crippen LogP contribution is 2.04. The average molecular weight is 391 g/mol. The molecule has 0 bridgehead atoms. The lowest BCUT2D eigenvalue weighted by Crippen LogP contribution is -2.41. The molecule has 1 amide bonds. The minimum atomic E-state index is -0.655. The first kappa shape index (κ1) is 16.7. The van der Waals surface area contributed by atoms with E-state index in [1.165, 1.54) is 7.11 Å². The van der Waals surface area contributed by atoms with Crippen molar-refractivity contribution in [2.24, 2.45) is 0 Å². The molecule has 0 radical (unpaired) electrons. The zero-order chi connectivity index (χ0) is 14.8. The lowest BCUT2D eigenvalue weighted by Gasteiger charge is -2.15. The minimum Gasteiger partial charge on any atom is -0.467 e. The summed E-state index contributed by atoms with van der Waals surface area (Å²) in [5.74, 6) is -0.452. The minimum absolute atomic E-state index is 0.173. The summed E-state index contributed by atoms with van der Waals surface area (Å²) in [5.41, 5.74) is 0.893. The number of hydrogen-bond donors (Lipinski definition) is 1. The summed E-state index contributed by atoms with van der Waals surface area (Å²) < 4.78 is 10.6. The van der Waals surface area contributed by atoms with E-state index in [0.717, 1.165) is 16.4 Å². The van der Waals surface area contributed by atoms with E-state index in [0.29, 0.717) is 6.42 Å². The number of alkyl halides is 1. The highest BCUT2D eigenvalue weighted by atomic mass is 127. The molecule has 1 N–H and O–H groups in total. The van der Waals surface area contributed by atoms with Crippen LogP contribution in [0.15, 0.2) is 30.3 Å². The monoisotopic (exact) mass is 391 g/mol. The smallest absolute Gasteiger partial charge is 0.408 e. The molecule has 1 aromatic carbocycles. The van der Waals surface area contributed by atoms with Crippen LogP contribution >= 0.6 is 22.6 Å². The topological polar surface area (TPSA) is 64.6 Å². The number of carbonyl (C=O) groups excluding carboxylic acids is 2. The van der Waals surface area contributed by atoms with Gasteiger partial charge in [-0.15, -0.1) is 0 Å². The van der Waals surface area contributed by atoms with E-state index in [2.05, 4.69) is 32.6 Å². The molecule has 0 saturated heterocycles. The highest BCUT2D eigenvalue weighted by molar-refractivity contribution is 14.1. The largest absolute Gasteiger partial charge is 0.467 e. The molecule has 110 valence electrons. The number of hydrogen-bond acceptors (Lipinski definition) is 4. The second-order valence-electron chi connectivity index (χ2n) is 4.11. The second kappa shape index (κ2) is 9.57. The Balaban J connectivity index is 2.43. The maximum Gasteiger partial charge on any atom is 0.408 e. The average Bonchev–Trinajstić information content (AvgIpc) is 2.49. The molecule has 0 saturated carbocycles. The Morgan fingerprint density at radius 3 is 2.60 bits per heavy atom. The first-order valence-corrected chi connectivity index (χ1v) is 7.81. The molecule has 5 nitrogen and oxygen atoms in total. The van der Waals surface area contributed by atoms with Crippen molar-refractivity contribution in [1.82, 2.24) is 5.32 Å². The number of ether oxygens (including phenoxy) is 2. The zero-order valence-corrected chi connectivity index (χ0v) is 13.5. The van der Waals surface area contributed by atoms with E-state index in [-0.39, 0.29) is 6.61 Å². The number of nitrogens with one attached hydrogen (secondary N) is 1. The molecule has 1 atom stereocenters. The van der Waals surface area contributed by atoms with Gasteiger partial charge in [0.2, 0.25) is 0 Å². The number of esters is 1. The van der Waals surface area contributed by atoms with Crippen LogP contribution in [0.4, 0.5) is 4.79 Å². The summed E-state index contributed by atoms with van der Waals surface area (Å²) in [6.45, 7) is 0.173. The lowest BCUT2D eigenvalue weighted by atomic mass is 10.2. The van der Waals surface area contributed by atoms with Gasteiger partial charge in [0.15, 0.2) is 0 Å². The van der Waals surface area contributed by atoms with Gasteiger partial charge in [-0.1, -0.05) is 52.9 Å². The molecular formula is C14H18INO4. The van der Waals surface area contributed by atoms with Gasteiger partial charge in [-0.2, -0.15) is 0 Å². The van der Waals surface area contributed by atoms with Crippen molar-refractivity contribution in [3.8, 4) is 0 Å². The highest BCUT2D eigenvalue weighted by Gasteiger charge is 2.21. The van der Waals surface area contributed by atoms with E-state index < -0.39 is 18.1 Å². The summed E-state index contributed by atoms with van der Waals surface area (Å²) in [7, 11) is 1.30. The van der Waals surface area contributed by atoms with E-state index in [4.69, 9.17) is 4.74 Å². The van der Waals surface area contributed by atoms with Crippen LogP contribution in [0, 0.1) is 0 Å². The van der Waals surface area contributed by atoms with Gasteiger partial charge in [0.25, 0.3) is 0 Å². The van der Waals surface area contributed by atoms with E-state index >= 15 is 0 Å². The van der Waals surface area contributed by atoms with Gasteiger partial charge in [0.1, 0.15) is 12.6 Å². The first-order chi connectivity index (χ1) is 9.67. The molecule has 0 unspecified atom stereocenters. The van der Waals surface area contributed by atoms with Gasteiger partial charge < -0.3 is 14.8 Å². The van der Waals surface area contributed by atoms with Crippen molar-refractivity contribution < 1.29 is 19.1 Å². The van der Waals surface area contributed by atoms with Crippen molar-refractivity contribution in [2.75, 3.05) is 11.5 Å². The molecule has 1 aromatic rings. The summed E-state index contributed by atoms with van der Waals surface area (Å²) >= 11 is 2.22. The molecule has 0 aliphatic rings. The molecule has 0 heterocycles. The number of rotatable bonds is 7. The van der Waals surface area contributed by atoms with Gasteiger partial charge in [0.05, 0.1) is 7.11 Å². The van der Waals surface area contributed by atoms with Gasteiger partial charge in [-0.25, -0.2) is 9.59 Å². The molecule has 0 aliphatic carbocycles. The maximum absolute atomic E-state index is 11.7. The number of alkyl carbamates (subject to hydrolysis) is 1. The third-order valence-electron chi connectivity index (χ3n) is 2.62. The number of carbonyl (C=O) groups is 2. The van der Waals surface area contributed by atoms with Gasteiger partial charge in [-0.3, -0.25) is 0 Å². The predicted octanol–water partition coefficient (Wildman–Crippen LogP) is 2.67. The fourth-order valence-electron chi connectivity index (χ4n) is 1.58. The standard InChI is InChI=1S/C14H18INO4/c1-19-13(17)12(8-5-9-15)16-14(18)20-10-11-6-3-2-4-7-11/h2-4,6-7,12H,5,8-10H2,1H3,(H,16,18)/t12-/m1/s1. The molecule has 20 heavy (non-hydrogen) atoms. The Morgan fingerprint density at radius 1 is 1.30 bits per heavy atom. The molecule has 0 aliphatic heterocycles. The van der Waals surface area contributed by atoms with Crippen molar-refractivity contribution in [1.29, 1.82) is 0 Å². The Bertz CT molecular complexity index is 424. The Kier molecular flexibility index (Phi) is 8.01. The maximum atomic E-state index is 11.7. The third-order valence-corrected chi connectivity index (χ3v) is 3.38. The van der Waals surface area contributed by atoms with Crippen LogP contribution in [-0.4, -0.2) is 29.6 Å². The van der Waals surface area contributed by atoms with Gasteiger partial charge >= 0.3 is 12.1 Å². The molecule has 0 spiro atoms. The Hall–Kier alpha value is -1.31. The molecule has 0 aromatic heterocycles. The number of methoxy groups -OCH3 is 1. The fraction of sp³-hybridized carbons (Fsp3) is 0.429. The number of amides is 1. The summed E-state index contributed by atoms with van der Waals surface area (Å²) in [4.78, 5) is 23.2. The molecule has 6 heteroatoms. The van der Waals surface area contributed by atoms with E-state index in [9.17, 15) is 9.59 Å². The quantitative estimate of drug-likeness (QED) is 0.441. The normalized spacial score (nSPS) is 11.5. The zero-order valence-electron chi connectivity index (χ0n) is 11.3. The van der Waals surface area contributed by atoms with E-state index in [1.54, 1.807) is 0 Å². The lowest BCUT2D eigenvalue weighted by molar-refractivity contribution is -0.143. The predicted molar refractivity (Wildman–Crippen MR) is 83.7 cm³/mol. The van der Waals surface area contributed by atoms with Crippen molar-refractivity contribution in [3.05, 3.63) is 35.9 Å². The van der Waals surface area contributed by atoms with Crippen LogP contribution in [0.25, 0.3) is 0 Å². The van der Waals surface area contributed by atoms with Crippen LogP contribution in [0.2, 0.25) is 0 Å². The third kappa shape index (κ3) is 6.23. The van der Waals surface area contributed by atoms with Crippen molar-refractivity contribution in [2.45, 2.75) is 25.5 Å². The van der Waals surface area contributed by atoms with Crippen LogP contribution in [0.5, 0.6) is 0 Å². The Morgan fingerprint density at radius 2 is 2.00 bits per heavy atom. The van der Waals surface area contributed by atoms with Gasteiger partial charge in [-0.05, 0) is 22.8 Å². The molecular weight excluding hydrogens is 373 g/mol. The summed E-state index contributed by atoms with van der Waals surface area (Å²) in [5, 5.41) is 2.53. The molecule has 0 fully saturated rings. The first-order valence-electron chi connectivity index (χ1n) is 6.28. The second-order valence-corrected chi connectivity index (χ2v) is 5.19. The SMILES string of the molecule is COC(=O)[C@@H](CCCI)NC(=O)OCc1ccccc1.